The first kappa shape index (κ1) is 22.0. The molecule has 11 heteroatoms. The van der Waals surface area contributed by atoms with Crippen LogP contribution in [0.3, 0.4) is 0 Å². The summed E-state index contributed by atoms with van der Waals surface area (Å²) in [7, 11) is 1.18. The number of methoxy groups -OCH3 is 1. The number of carbonyl (C=O) groups excluding carboxylic acids is 5. The number of esters is 3. The fourth-order valence-electron chi connectivity index (χ4n) is 4.39. The summed E-state index contributed by atoms with van der Waals surface area (Å²) in [6.45, 7) is 2.23. The van der Waals surface area contributed by atoms with Crippen LogP contribution >= 0.6 is 11.6 Å². The fraction of sp³-hybridized carbons (Fsp3) is 0.381. The molecule has 0 aromatic heterocycles. The number of amides is 2. The van der Waals surface area contributed by atoms with Gasteiger partial charge in [0.15, 0.2) is 5.60 Å². The van der Waals surface area contributed by atoms with Gasteiger partial charge in [-0.05, 0) is 24.3 Å². The summed E-state index contributed by atoms with van der Waals surface area (Å²) in [5.41, 5.74) is -1.56. The molecule has 32 heavy (non-hydrogen) atoms. The maximum absolute atomic E-state index is 13.5. The highest BCUT2D eigenvalue weighted by atomic mass is 35.5. The molecule has 0 unspecified atom stereocenters. The van der Waals surface area contributed by atoms with Gasteiger partial charge in [-0.15, -0.1) is 0 Å². The van der Waals surface area contributed by atoms with E-state index in [1.54, 1.807) is 6.08 Å². The molecular weight excluding hydrogens is 446 g/mol. The van der Waals surface area contributed by atoms with Crippen molar-refractivity contribution in [3.63, 3.8) is 0 Å². The summed E-state index contributed by atoms with van der Waals surface area (Å²) in [5.74, 6) is -5.54. The summed E-state index contributed by atoms with van der Waals surface area (Å²) in [6.07, 6.45) is 0.687. The van der Waals surface area contributed by atoms with Crippen molar-refractivity contribution in [2.24, 2.45) is 11.8 Å². The second kappa shape index (κ2) is 7.72. The van der Waals surface area contributed by atoms with E-state index in [4.69, 9.17) is 25.8 Å². The molecule has 0 spiro atoms. The Morgan fingerprint density at radius 1 is 1.12 bits per heavy atom. The largest absolute Gasteiger partial charge is 0.465 e. The molecule has 3 heterocycles. The van der Waals surface area contributed by atoms with Crippen LogP contribution in [0.4, 0.5) is 5.69 Å². The Balaban J connectivity index is 1.75. The zero-order chi connectivity index (χ0) is 23.4. The number of hydrogen-bond acceptors (Lipinski definition) is 9. The summed E-state index contributed by atoms with van der Waals surface area (Å²) in [4.78, 5) is 62.9. The Hall–Kier alpha value is -3.24. The molecule has 4 atom stereocenters. The average Bonchev–Trinajstić information content (AvgIpc) is 3.38. The molecular formula is C21H18ClNO9. The van der Waals surface area contributed by atoms with Crippen LogP contribution in [-0.2, 0) is 38.1 Å². The van der Waals surface area contributed by atoms with E-state index in [2.05, 4.69) is 4.74 Å². The highest BCUT2D eigenvalue weighted by molar-refractivity contribution is 6.34. The molecule has 4 rings (SSSR count). The highest BCUT2D eigenvalue weighted by Crippen LogP contribution is 2.54. The number of ether oxygens (including phenoxy) is 4. The van der Waals surface area contributed by atoms with Crippen LogP contribution < -0.4 is 4.90 Å². The Morgan fingerprint density at radius 3 is 2.38 bits per heavy atom. The lowest BCUT2D eigenvalue weighted by atomic mass is 9.76. The summed E-state index contributed by atoms with van der Waals surface area (Å²) >= 11 is 6.05. The monoisotopic (exact) mass is 463 g/mol. The van der Waals surface area contributed by atoms with Crippen LogP contribution in [0, 0.1) is 11.8 Å². The fourth-order valence-corrected chi connectivity index (χ4v) is 4.58. The van der Waals surface area contributed by atoms with Crippen molar-refractivity contribution < 1.29 is 42.9 Å². The lowest BCUT2D eigenvalue weighted by molar-refractivity contribution is -0.226. The smallest absolute Gasteiger partial charge is 0.339 e. The number of rotatable bonds is 5. The second-order valence-corrected chi connectivity index (χ2v) is 7.92. The molecule has 1 aromatic carbocycles. The van der Waals surface area contributed by atoms with Crippen molar-refractivity contribution >= 4 is 47.0 Å². The molecule has 3 aliphatic rings. The maximum Gasteiger partial charge on any atom is 0.339 e. The van der Waals surface area contributed by atoms with Crippen molar-refractivity contribution in [1.29, 1.82) is 0 Å². The highest BCUT2D eigenvalue weighted by Gasteiger charge is 2.72. The van der Waals surface area contributed by atoms with Gasteiger partial charge in [0, 0.05) is 13.8 Å². The lowest BCUT2D eigenvalue weighted by Crippen LogP contribution is -2.52. The van der Waals surface area contributed by atoms with Crippen molar-refractivity contribution in [2.45, 2.75) is 31.8 Å². The third-order valence-corrected chi connectivity index (χ3v) is 5.94. The van der Waals surface area contributed by atoms with Gasteiger partial charge < -0.3 is 18.9 Å². The van der Waals surface area contributed by atoms with E-state index in [1.165, 1.54) is 31.4 Å². The normalized spacial score (nSPS) is 27.7. The zero-order valence-electron chi connectivity index (χ0n) is 17.2. The van der Waals surface area contributed by atoms with Crippen molar-refractivity contribution in [1.82, 2.24) is 0 Å². The van der Waals surface area contributed by atoms with Gasteiger partial charge in [-0.3, -0.25) is 19.2 Å². The summed E-state index contributed by atoms with van der Waals surface area (Å²) in [5, 5.41) is 0.0891. The molecule has 168 valence electrons. The number of anilines is 1. The first-order valence-corrected chi connectivity index (χ1v) is 9.95. The van der Waals surface area contributed by atoms with Gasteiger partial charge in [-0.2, -0.15) is 0 Å². The minimum absolute atomic E-state index is 0.0194. The molecule has 0 aliphatic carbocycles. The third-order valence-electron chi connectivity index (χ3n) is 5.61. The van der Waals surface area contributed by atoms with Crippen LogP contribution in [0.25, 0.3) is 0 Å². The number of imide groups is 1. The van der Waals surface area contributed by atoms with Crippen LogP contribution in [-0.4, -0.2) is 54.8 Å². The molecule has 0 N–H and O–H groups in total. The Labute approximate surface area is 187 Å². The third kappa shape index (κ3) is 3.18. The quantitative estimate of drug-likeness (QED) is 0.275. The SMILES string of the molecule is COC(=O)c1cc(N2C(=O)[C@@H]3[C@@H]4C=C[C@@](C(OC(C)=O)OC(C)=O)(O4)[C@H]3C2=O)ccc1Cl. The van der Waals surface area contributed by atoms with Crippen LogP contribution in [0.2, 0.25) is 5.02 Å². The minimum atomic E-state index is -1.66. The van der Waals surface area contributed by atoms with E-state index < -0.39 is 59.6 Å². The predicted octanol–water partition coefficient (Wildman–Crippen LogP) is 1.39. The number of halogens is 1. The van der Waals surface area contributed by atoms with E-state index in [1.807, 2.05) is 0 Å². The first-order valence-electron chi connectivity index (χ1n) is 9.58. The van der Waals surface area contributed by atoms with E-state index in [0.29, 0.717) is 0 Å². The first-order chi connectivity index (χ1) is 15.1. The van der Waals surface area contributed by atoms with Crippen LogP contribution in [0.1, 0.15) is 24.2 Å². The molecule has 10 nitrogen and oxygen atoms in total. The van der Waals surface area contributed by atoms with Gasteiger partial charge in [0.1, 0.15) is 0 Å². The Kier molecular flexibility index (Phi) is 5.30. The van der Waals surface area contributed by atoms with E-state index in [0.717, 1.165) is 18.7 Å². The zero-order valence-corrected chi connectivity index (χ0v) is 18.0. The average molecular weight is 464 g/mol. The number of fused-ring (bicyclic) bond motifs is 5. The molecule has 0 radical (unpaired) electrons. The van der Waals surface area contributed by atoms with Gasteiger partial charge in [-0.1, -0.05) is 17.7 Å². The molecule has 0 saturated carbocycles. The number of hydrogen-bond donors (Lipinski definition) is 0. The van der Waals surface area contributed by atoms with Gasteiger partial charge in [0.2, 0.25) is 11.8 Å². The van der Waals surface area contributed by atoms with Crippen LogP contribution in [0.5, 0.6) is 0 Å². The van der Waals surface area contributed by atoms with Crippen molar-refractivity contribution in [3.05, 3.63) is 40.9 Å². The van der Waals surface area contributed by atoms with Gasteiger partial charge in [0.05, 0.1) is 41.3 Å². The number of nitrogens with zero attached hydrogens (tertiary/aromatic N) is 1. The van der Waals surface area contributed by atoms with Gasteiger partial charge in [0.25, 0.3) is 6.29 Å². The van der Waals surface area contributed by atoms with Gasteiger partial charge in [-0.25, -0.2) is 9.69 Å². The van der Waals surface area contributed by atoms with E-state index in [9.17, 15) is 24.0 Å². The lowest BCUT2D eigenvalue weighted by Gasteiger charge is -2.34. The van der Waals surface area contributed by atoms with Gasteiger partial charge >= 0.3 is 17.9 Å². The molecule has 2 fully saturated rings. The molecule has 2 amide bonds. The molecule has 3 aliphatic heterocycles. The predicted molar refractivity (Wildman–Crippen MR) is 106 cm³/mol. The Bertz CT molecular complexity index is 1070. The number of carbonyl (C=O) groups is 5. The van der Waals surface area contributed by atoms with E-state index >= 15 is 0 Å². The molecule has 2 bridgehead atoms. The summed E-state index contributed by atoms with van der Waals surface area (Å²) in [6, 6.07) is 4.07. The maximum atomic E-state index is 13.5. The molecule has 2 saturated heterocycles. The standard InChI is InChI=1S/C21H18ClNO9/c1-9(24)30-20(31-10(2)25)21-7-6-14(32-21)15-16(21)18(27)23(17(15)26)11-4-5-13(22)12(8-11)19(28)29-3/h4-8,14-16,20H,1-3H3/t14-,15+,16+,21+/m0/s1. The van der Waals surface area contributed by atoms with Crippen molar-refractivity contribution in [3.8, 4) is 0 Å². The minimum Gasteiger partial charge on any atom is -0.465 e. The molecule has 1 aromatic rings. The number of benzene rings is 1. The van der Waals surface area contributed by atoms with Crippen LogP contribution in [0.15, 0.2) is 30.4 Å². The topological polar surface area (TPSA) is 126 Å². The van der Waals surface area contributed by atoms with E-state index in [-0.39, 0.29) is 16.3 Å². The summed E-state index contributed by atoms with van der Waals surface area (Å²) < 4.78 is 20.9. The second-order valence-electron chi connectivity index (χ2n) is 7.52. The van der Waals surface area contributed by atoms with Crippen molar-refractivity contribution in [2.75, 3.05) is 12.0 Å². The Morgan fingerprint density at radius 2 is 1.78 bits per heavy atom.